The Hall–Kier alpha value is -0.610. The van der Waals surface area contributed by atoms with Gasteiger partial charge in [-0.1, -0.05) is 13.8 Å². The number of nitrogens with one attached hydrogen (secondary N) is 1. The molecule has 0 aromatic carbocycles. The molecule has 2 fully saturated rings. The van der Waals surface area contributed by atoms with Gasteiger partial charge in [0.15, 0.2) is 5.96 Å². The Morgan fingerprint density at radius 1 is 1.00 bits per heavy atom. The summed E-state index contributed by atoms with van der Waals surface area (Å²) in [5.74, 6) is 1.33. The Balaban J connectivity index is 0.00000420. The molecule has 0 aromatic rings. The number of likely N-dealkylation sites (tertiary alicyclic amines) is 1. The summed E-state index contributed by atoms with van der Waals surface area (Å²) in [7, 11) is 0. The van der Waals surface area contributed by atoms with Crippen LogP contribution in [-0.2, 0) is 4.79 Å². The van der Waals surface area contributed by atoms with Gasteiger partial charge in [-0.15, -0.1) is 24.0 Å². The highest BCUT2D eigenvalue weighted by molar-refractivity contribution is 14.0. The van der Waals surface area contributed by atoms with Crippen molar-refractivity contribution in [3.63, 3.8) is 0 Å². The minimum absolute atomic E-state index is 0. The van der Waals surface area contributed by atoms with Gasteiger partial charge < -0.3 is 20.0 Å². The smallest absolute Gasteiger partial charge is 0.239 e. The number of amides is 1. The van der Waals surface area contributed by atoms with Crippen LogP contribution in [-0.4, -0.2) is 110 Å². The molecule has 1 amide bonds. The number of nitrogens with zero attached hydrogens (tertiary/aromatic N) is 5. The molecule has 0 saturated carbocycles. The van der Waals surface area contributed by atoms with Crippen LogP contribution in [0.15, 0.2) is 4.99 Å². The first-order valence-electron chi connectivity index (χ1n) is 11.4. The maximum Gasteiger partial charge on any atom is 0.239 e. The summed E-state index contributed by atoms with van der Waals surface area (Å²) < 4.78 is 0. The molecular formula is C21H43IN6O. The zero-order valence-corrected chi connectivity index (χ0v) is 21.4. The maximum absolute atomic E-state index is 12.7. The highest BCUT2D eigenvalue weighted by Crippen LogP contribution is 2.14. The number of aliphatic imine (C=N–C) groups is 1. The van der Waals surface area contributed by atoms with E-state index in [1.807, 2.05) is 4.90 Å². The Labute approximate surface area is 195 Å². The Morgan fingerprint density at radius 2 is 1.66 bits per heavy atom. The summed E-state index contributed by atoms with van der Waals surface area (Å²) in [6.45, 7) is 19.2. The fraction of sp³-hybridized carbons (Fsp3) is 0.905. The molecule has 1 unspecified atom stereocenters. The van der Waals surface area contributed by atoms with Crippen LogP contribution in [0.4, 0.5) is 0 Å². The van der Waals surface area contributed by atoms with E-state index in [-0.39, 0.29) is 30.0 Å². The molecule has 2 heterocycles. The van der Waals surface area contributed by atoms with Crippen molar-refractivity contribution in [1.29, 1.82) is 0 Å². The van der Waals surface area contributed by atoms with Crippen molar-refractivity contribution in [2.45, 2.75) is 53.0 Å². The second kappa shape index (κ2) is 14.4. The van der Waals surface area contributed by atoms with Crippen LogP contribution in [0, 0.1) is 0 Å². The molecule has 2 aliphatic heterocycles. The van der Waals surface area contributed by atoms with Crippen molar-refractivity contribution in [1.82, 2.24) is 24.9 Å². The molecule has 170 valence electrons. The Morgan fingerprint density at radius 3 is 2.21 bits per heavy atom. The van der Waals surface area contributed by atoms with Gasteiger partial charge in [0.2, 0.25) is 5.91 Å². The summed E-state index contributed by atoms with van der Waals surface area (Å²) in [4.78, 5) is 26.7. The van der Waals surface area contributed by atoms with Crippen LogP contribution in [0.1, 0.15) is 47.0 Å². The van der Waals surface area contributed by atoms with Crippen molar-refractivity contribution >= 4 is 35.8 Å². The molecule has 0 radical (unpaired) electrons. The molecule has 2 saturated heterocycles. The van der Waals surface area contributed by atoms with Crippen LogP contribution in [0.5, 0.6) is 0 Å². The van der Waals surface area contributed by atoms with Crippen LogP contribution in [0.3, 0.4) is 0 Å². The minimum Gasteiger partial charge on any atom is -0.357 e. The van der Waals surface area contributed by atoms with E-state index in [9.17, 15) is 4.79 Å². The largest absolute Gasteiger partial charge is 0.357 e. The summed E-state index contributed by atoms with van der Waals surface area (Å²) in [6, 6.07) is -0.00747. The highest BCUT2D eigenvalue weighted by atomic mass is 127. The zero-order valence-electron chi connectivity index (χ0n) is 19.0. The molecule has 2 rings (SSSR count). The van der Waals surface area contributed by atoms with Crippen molar-refractivity contribution in [2.24, 2.45) is 4.99 Å². The van der Waals surface area contributed by atoms with Crippen molar-refractivity contribution in [3.05, 3.63) is 0 Å². The van der Waals surface area contributed by atoms with Crippen molar-refractivity contribution in [3.8, 4) is 0 Å². The number of likely N-dealkylation sites (N-methyl/N-ethyl adjacent to an activating group) is 1. The molecule has 0 spiro atoms. The molecular weight excluding hydrogens is 479 g/mol. The lowest BCUT2D eigenvalue weighted by Crippen LogP contribution is -2.57. The summed E-state index contributed by atoms with van der Waals surface area (Å²) in [5, 5.41) is 3.45. The van der Waals surface area contributed by atoms with Crippen LogP contribution < -0.4 is 5.32 Å². The number of guanidine groups is 1. The van der Waals surface area contributed by atoms with Gasteiger partial charge in [0.05, 0.1) is 12.6 Å². The number of rotatable bonds is 9. The molecule has 7 nitrogen and oxygen atoms in total. The van der Waals surface area contributed by atoms with Crippen LogP contribution in [0.2, 0.25) is 0 Å². The van der Waals surface area contributed by atoms with Gasteiger partial charge in [-0.05, 0) is 46.2 Å². The standard InChI is InChI=1S/C21H42N6O.HI/c1-5-11-24(7-3)14-10-23-21(22-6-2)27-17-15-25(16-18-27)19(4)20(28)26-12-8-9-13-26;/h19H,5-18H2,1-4H3,(H,22,23);1H. The third kappa shape index (κ3) is 8.20. The number of hydrogen-bond acceptors (Lipinski definition) is 4. The molecule has 1 atom stereocenters. The number of hydrogen-bond donors (Lipinski definition) is 1. The van der Waals surface area contributed by atoms with Gasteiger partial charge in [-0.25, -0.2) is 0 Å². The van der Waals surface area contributed by atoms with Crippen LogP contribution in [0.25, 0.3) is 0 Å². The predicted octanol–water partition coefficient (Wildman–Crippen LogP) is 1.93. The van der Waals surface area contributed by atoms with Crippen molar-refractivity contribution in [2.75, 3.05) is 72.0 Å². The minimum atomic E-state index is -0.00747. The van der Waals surface area contributed by atoms with E-state index in [0.717, 1.165) is 90.8 Å². The number of halogens is 1. The summed E-state index contributed by atoms with van der Waals surface area (Å²) >= 11 is 0. The van der Waals surface area contributed by atoms with E-state index >= 15 is 0 Å². The first-order valence-corrected chi connectivity index (χ1v) is 11.4. The van der Waals surface area contributed by atoms with Crippen LogP contribution >= 0.6 is 24.0 Å². The first-order chi connectivity index (χ1) is 13.6. The van der Waals surface area contributed by atoms with Gasteiger partial charge in [-0.2, -0.15) is 0 Å². The van der Waals surface area contributed by atoms with E-state index in [2.05, 4.69) is 47.7 Å². The number of carbonyl (C=O) groups is 1. The lowest BCUT2D eigenvalue weighted by Gasteiger charge is -2.39. The lowest BCUT2D eigenvalue weighted by atomic mass is 10.2. The fourth-order valence-corrected chi connectivity index (χ4v) is 4.15. The quantitative estimate of drug-likeness (QED) is 0.285. The van der Waals surface area contributed by atoms with Gasteiger partial charge in [0.1, 0.15) is 0 Å². The highest BCUT2D eigenvalue weighted by Gasteiger charge is 2.30. The fourth-order valence-electron chi connectivity index (χ4n) is 4.15. The van der Waals surface area contributed by atoms with E-state index in [4.69, 9.17) is 4.99 Å². The second-order valence-corrected chi connectivity index (χ2v) is 7.90. The monoisotopic (exact) mass is 522 g/mol. The summed E-state index contributed by atoms with van der Waals surface area (Å²) in [5.41, 5.74) is 0. The van der Waals surface area contributed by atoms with E-state index in [0.29, 0.717) is 5.91 Å². The van der Waals surface area contributed by atoms with E-state index in [1.54, 1.807) is 0 Å². The lowest BCUT2D eigenvalue weighted by molar-refractivity contribution is -0.135. The molecule has 2 aliphatic rings. The van der Waals surface area contributed by atoms with Gasteiger partial charge >= 0.3 is 0 Å². The average Bonchev–Trinajstić information content (AvgIpc) is 3.26. The van der Waals surface area contributed by atoms with Gasteiger partial charge in [0, 0.05) is 52.4 Å². The van der Waals surface area contributed by atoms with Gasteiger partial charge in [0.25, 0.3) is 0 Å². The summed E-state index contributed by atoms with van der Waals surface area (Å²) in [6.07, 6.45) is 3.50. The van der Waals surface area contributed by atoms with Crippen molar-refractivity contribution < 1.29 is 4.79 Å². The second-order valence-electron chi connectivity index (χ2n) is 7.90. The average molecular weight is 523 g/mol. The molecule has 1 N–H and O–H groups in total. The number of piperazine rings is 1. The third-order valence-electron chi connectivity index (χ3n) is 5.94. The van der Waals surface area contributed by atoms with E-state index in [1.165, 1.54) is 6.42 Å². The SMILES string of the molecule is CCCN(CC)CCN=C(NCC)N1CCN(C(C)C(=O)N2CCCC2)CC1.I. The Bertz CT molecular complexity index is 490. The predicted molar refractivity (Wildman–Crippen MR) is 132 cm³/mol. The third-order valence-corrected chi connectivity index (χ3v) is 5.94. The van der Waals surface area contributed by atoms with Gasteiger partial charge in [-0.3, -0.25) is 14.7 Å². The first kappa shape index (κ1) is 26.4. The normalized spacial score (nSPS) is 19.4. The molecule has 8 heteroatoms. The maximum atomic E-state index is 12.7. The molecule has 0 aromatic heterocycles. The number of carbonyl (C=O) groups excluding carboxylic acids is 1. The molecule has 0 bridgehead atoms. The zero-order chi connectivity index (χ0) is 20.4. The molecule has 0 aliphatic carbocycles. The Kier molecular flexibility index (Phi) is 13.1. The topological polar surface area (TPSA) is 54.4 Å². The molecule has 29 heavy (non-hydrogen) atoms. The van der Waals surface area contributed by atoms with E-state index < -0.39 is 0 Å².